The van der Waals surface area contributed by atoms with E-state index in [4.69, 9.17) is 10.5 Å². The predicted octanol–water partition coefficient (Wildman–Crippen LogP) is 3.45. The minimum atomic E-state index is -0.574. The fourth-order valence-corrected chi connectivity index (χ4v) is 2.34. The lowest BCUT2D eigenvalue weighted by Gasteiger charge is -2.16. The zero-order valence-electron chi connectivity index (χ0n) is 16.0. The summed E-state index contributed by atoms with van der Waals surface area (Å²) in [6.45, 7) is 3.89. The number of carbonyl (C=O) groups excluding carboxylic acids is 2. The molecule has 1 atom stereocenters. The van der Waals surface area contributed by atoms with Crippen LogP contribution in [0.4, 0.5) is 5.69 Å². The van der Waals surface area contributed by atoms with Gasteiger partial charge < -0.3 is 21.1 Å². The summed E-state index contributed by atoms with van der Waals surface area (Å²) in [5, 5.41) is 5.32. The first-order valence-corrected chi connectivity index (χ1v) is 8.47. The molecule has 0 radical (unpaired) electrons. The lowest BCUT2D eigenvalue weighted by atomic mass is 10.1. The number of anilines is 1. The first-order valence-electron chi connectivity index (χ1n) is 8.47. The zero-order chi connectivity index (χ0) is 19.1. The molecule has 1 aromatic heterocycles. The van der Waals surface area contributed by atoms with Crippen molar-refractivity contribution < 1.29 is 14.3 Å². The molecule has 28 heavy (non-hydrogen) atoms. The van der Waals surface area contributed by atoms with Crippen LogP contribution in [0.1, 0.15) is 35.8 Å². The highest BCUT2D eigenvalue weighted by molar-refractivity contribution is 5.96. The van der Waals surface area contributed by atoms with Gasteiger partial charge >= 0.3 is 0 Å². The number of nitrogens with one attached hydrogen (secondary N) is 2. The van der Waals surface area contributed by atoms with E-state index in [0.717, 1.165) is 12.0 Å². The van der Waals surface area contributed by atoms with Gasteiger partial charge in [-0.15, -0.1) is 24.8 Å². The predicted molar refractivity (Wildman–Crippen MR) is 115 cm³/mol. The lowest BCUT2D eigenvalue weighted by molar-refractivity contribution is -0.117. The van der Waals surface area contributed by atoms with Gasteiger partial charge in [-0.05, 0) is 37.1 Å². The number of benzene rings is 1. The van der Waals surface area contributed by atoms with Gasteiger partial charge in [0.05, 0.1) is 11.7 Å². The molecule has 1 aromatic carbocycles. The third kappa shape index (κ3) is 6.99. The number of hydrogen-bond acceptors (Lipinski definition) is 5. The minimum absolute atomic E-state index is 0. The molecule has 0 aliphatic carbocycles. The number of hydrogen-bond donors (Lipinski definition) is 3. The van der Waals surface area contributed by atoms with Gasteiger partial charge in [-0.3, -0.25) is 14.6 Å². The standard InChI is InChI=1S/C19H24N4O3.2ClH/c1-4-5-14(20)18(24)23-15-7-6-12(2)10-17(15)26-13-8-9-22-16(11-13)19(25)21-3;;/h6-11,14H,4-5,20H2,1-3H3,(H,21,25)(H,23,24);2*1H. The van der Waals surface area contributed by atoms with Crippen LogP contribution in [0.15, 0.2) is 36.5 Å². The number of aromatic nitrogens is 1. The minimum Gasteiger partial charge on any atom is -0.455 e. The maximum absolute atomic E-state index is 12.2. The van der Waals surface area contributed by atoms with Gasteiger partial charge in [0.1, 0.15) is 11.4 Å². The topological polar surface area (TPSA) is 106 Å². The molecule has 0 fully saturated rings. The molecule has 2 amide bonds. The normalized spacial score (nSPS) is 10.7. The quantitative estimate of drug-likeness (QED) is 0.625. The van der Waals surface area contributed by atoms with Crippen LogP contribution >= 0.6 is 24.8 Å². The second-order valence-corrected chi connectivity index (χ2v) is 5.94. The van der Waals surface area contributed by atoms with E-state index in [1.54, 1.807) is 18.2 Å². The van der Waals surface area contributed by atoms with E-state index in [1.165, 1.54) is 19.3 Å². The number of carbonyl (C=O) groups is 2. The van der Waals surface area contributed by atoms with Gasteiger partial charge in [-0.2, -0.15) is 0 Å². The molecule has 2 aromatic rings. The molecule has 0 saturated carbocycles. The summed E-state index contributed by atoms with van der Waals surface area (Å²) in [5.41, 5.74) is 7.60. The Labute approximate surface area is 177 Å². The highest BCUT2D eigenvalue weighted by atomic mass is 35.5. The molecular formula is C19H26Cl2N4O3. The van der Waals surface area contributed by atoms with Crippen molar-refractivity contribution >= 4 is 42.3 Å². The molecule has 9 heteroatoms. The molecular weight excluding hydrogens is 403 g/mol. The molecule has 4 N–H and O–H groups in total. The van der Waals surface area contributed by atoms with Gasteiger partial charge in [0.25, 0.3) is 5.91 Å². The fraction of sp³-hybridized carbons (Fsp3) is 0.316. The van der Waals surface area contributed by atoms with Crippen molar-refractivity contribution in [2.24, 2.45) is 5.73 Å². The Hall–Kier alpha value is -2.35. The SMILES string of the molecule is CCCC(N)C(=O)Nc1ccc(C)cc1Oc1ccnc(C(=O)NC)c1.Cl.Cl. The maximum Gasteiger partial charge on any atom is 0.269 e. The number of rotatable bonds is 7. The van der Waals surface area contributed by atoms with Crippen molar-refractivity contribution in [2.45, 2.75) is 32.7 Å². The smallest absolute Gasteiger partial charge is 0.269 e. The molecule has 154 valence electrons. The molecule has 0 bridgehead atoms. The number of aryl methyl sites for hydroxylation is 1. The summed E-state index contributed by atoms with van der Waals surface area (Å²) in [5.74, 6) is 0.341. The van der Waals surface area contributed by atoms with E-state index in [0.29, 0.717) is 23.6 Å². The first kappa shape index (κ1) is 25.6. The Bertz CT molecular complexity index is 802. The molecule has 7 nitrogen and oxygen atoms in total. The van der Waals surface area contributed by atoms with Crippen LogP contribution in [-0.4, -0.2) is 29.9 Å². The van der Waals surface area contributed by atoms with Gasteiger partial charge in [0.2, 0.25) is 5.91 Å². The fourth-order valence-electron chi connectivity index (χ4n) is 2.34. The van der Waals surface area contributed by atoms with E-state index in [2.05, 4.69) is 15.6 Å². The first-order chi connectivity index (χ1) is 12.4. The van der Waals surface area contributed by atoms with E-state index in [9.17, 15) is 9.59 Å². The molecule has 0 spiro atoms. The molecule has 1 heterocycles. The molecule has 0 aliphatic heterocycles. The average molecular weight is 429 g/mol. The van der Waals surface area contributed by atoms with Gasteiger partial charge in [-0.1, -0.05) is 19.4 Å². The molecule has 1 unspecified atom stereocenters. The van der Waals surface area contributed by atoms with Crippen LogP contribution < -0.4 is 21.1 Å². The van der Waals surface area contributed by atoms with Crippen molar-refractivity contribution in [3.8, 4) is 11.5 Å². The van der Waals surface area contributed by atoms with Crippen LogP contribution in [0.2, 0.25) is 0 Å². The third-order valence-corrected chi connectivity index (χ3v) is 3.75. The largest absolute Gasteiger partial charge is 0.455 e. The molecule has 0 saturated heterocycles. The summed E-state index contributed by atoms with van der Waals surface area (Å²) in [4.78, 5) is 27.9. The summed E-state index contributed by atoms with van der Waals surface area (Å²) >= 11 is 0. The number of amides is 2. The van der Waals surface area contributed by atoms with Crippen molar-refractivity contribution in [1.29, 1.82) is 0 Å². The van der Waals surface area contributed by atoms with Gasteiger partial charge in [0.15, 0.2) is 5.75 Å². The van der Waals surface area contributed by atoms with Crippen LogP contribution in [0.5, 0.6) is 11.5 Å². The summed E-state index contributed by atoms with van der Waals surface area (Å²) in [7, 11) is 1.53. The Morgan fingerprint density at radius 3 is 2.57 bits per heavy atom. The molecule has 2 rings (SSSR count). The van der Waals surface area contributed by atoms with E-state index >= 15 is 0 Å². The van der Waals surface area contributed by atoms with Crippen LogP contribution in [0, 0.1) is 6.92 Å². The molecule has 0 aliphatic rings. The lowest BCUT2D eigenvalue weighted by Crippen LogP contribution is -2.35. The summed E-state index contributed by atoms with van der Waals surface area (Å²) in [6, 6.07) is 8.05. The number of nitrogens with two attached hydrogens (primary N) is 1. The van der Waals surface area contributed by atoms with Gasteiger partial charge in [-0.25, -0.2) is 0 Å². The second kappa shape index (κ2) is 12.2. The maximum atomic E-state index is 12.2. The number of pyridine rings is 1. The van der Waals surface area contributed by atoms with Crippen LogP contribution in [0.3, 0.4) is 0 Å². The number of halogens is 2. The van der Waals surface area contributed by atoms with Crippen molar-refractivity contribution in [3.05, 3.63) is 47.8 Å². The van der Waals surface area contributed by atoms with E-state index in [-0.39, 0.29) is 42.3 Å². The Morgan fingerprint density at radius 1 is 1.21 bits per heavy atom. The Balaban J connectivity index is 0.00000364. The van der Waals surface area contributed by atoms with Crippen molar-refractivity contribution in [1.82, 2.24) is 10.3 Å². The number of nitrogens with zero attached hydrogens (tertiary/aromatic N) is 1. The summed E-state index contributed by atoms with van der Waals surface area (Å²) < 4.78 is 5.89. The van der Waals surface area contributed by atoms with Crippen molar-refractivity contribution in [3.63, 3.8) is 0 Å². The van der Waals surface area contributed by atoms with E-state index in [1.807, 2.05) is 19.9 Å². The highest BCUT2D eigenvalue weighted by Gasteiger charge is 2.16. The number of ether oxygens (including phenoxy) is 1. The highest BCUT2D eigenvalue weighted by Crippen LogP contribution is 2.31. The van der Waals surface area contributed by atoms with Crippen molar-refractivity contribution in [2.75, 3.05) is 12.4 Å². The van der Waals surface area contributed by atoms with E-state index < -0.39 is 6.04 Å². The second-order valence-electron chi connectivity index (χ2n) is 5.94. The zero-order valence-corrected chi connectivity index (χ0v) is 17.7. The Kier molecular flexibility index (Phi) is 11.2. The van der Waals surface area contributed by atoms with Crippen LogP contribution in [0.25, 0.3) is 0 Å². The summed E-state index contributed by atoms with van der Waals surface area (Å²) in [6.07, 6.45) is 2.92. The average Bonchev–Trinajstić information content (AvgIpc) is 2.63. The van der Waals surface area contributed by atoms with Crippen LogP contribution in [-0.2, 0) is 4.79 Å². The van der Waals surface area contributed by atoms with Gasteiger partial charge in [0, 0.05) is 19.3 Å². The monoisotopic (exact) mass is 428 g/mol. The Morgan fingerprint density at radius 2 is 1.93 bits per heavy atom. The third-order valence-electron chi connectivity index (χ3n) is 3.75.